The maximum atomic E-state index is 13.1. The van der Waals surface area contributed by atoms with Crippen molar-refractivity contribution in [3.05, 3.63) is 29.6 Å². The summed E-state index contributed by atoms with van der Waals surface area (Å²) in [6, 6.07) is 1.86. The topological polar surface area (TPSA) is 55.1 Å². The summed E-state index contributed by atoms with van der Waals surface area (Å²) in [6.07, 6.45) is 0. The molecular formula is C10H11F3N2O. The third-order valence-electron chi connectivity index (χ3n) is 2.12. The van der Waals surface area contributed by atoms with Gasteiger partial charge in [-0.2, -0.15) is 0 Å². The quantitative estimate of drug-likeness (QED) is 0.775. The van der Waals surface area contributed by atoms with Gasteiger partial charge in [0, 0.05) is 6.54 Å². The molecule has 0 spiro atoms. The molecule has 88 valence electrons. The number of halogens is 3. The average molecular weight is 232 g/mol. The minimum absolute atomic E-state index is 0.0529. The highest BCUT2D eigenvalue weighted by atomic mass is 19.2. The molecule has 0 radical (unpaired) electrons. The molecule has 0 aliphatic rings. The van der Waals surface area contributed by atoms with Gasteiger partial charge in [-0.05, 0) is 12.1 Å². The van der Waals surface area contributed by atoms with Crippen LogP contribution in [0.2, 0.25) is 0 Å². The smallest absolute Gasteiger partial charge is 0.222 e. The molecule has 1 aromatic rings. The minimum atomic E-state index is -1.54. The summed E-state index contributed by atoms with van der Waals surface area (Å²) in [7, 11) is 0. The second-order valence-corrected chi connectivity index (χ2v) is 3.41. The lowest BCUT2D eigenvalue weighted by molar-refractivity contribution is -0.120. The van der Waals surface area contributed by atoms with Crippen molar-refractivity contribution >= 4 is 11.6 Å². The molecule has 1 atom stereocenters. The standard InChI is InChI=1S/C10H11F3N2O/c1-5(10(14)16)4-15-7-3-2-6(11)8(12)9(7)13/h2-3,5,15H,4H2,1H3,(H2,14,16). The van der Waals surface area contributed by atoms with E-state index >= 15 is 0 Å². The van der Waals surface area contributed by atoms with Gasteiger partial charge in [-0.3, -0.25) is 4.79 Å². The molecule has 3 N–H and O–H groups in total. The van der Waals surface area contributed by atoms with Gasteiger partial charge >= 0.3 is 0 Å². The lowest BCUT2D eigenvalue weighted by Gasteiger charge is -2.11. The first-order valence-corrected chi connectivity index (χ1v) is 4.60. The van der Waals surface area contributed by atoms with E-state index in [4.69, 9.17) is 5.73 Å². The van der Waals surface area contributed by atoms with Crippen molar-refractivity contribution < 1.29 is 18.0 Å². The highest BCUT2D eigenvalue weighted by molar-refractivity contribution is 5.76. The fourth-order valence-corrected chi connectivity index (χ4v) is 1.03. The number of hydrogen-bond donors (Lipinski definition) is 2. The summed E-state index contributed by atoms with van der Waals surface area (Å²) >= 11 is 0. The van der Waals surface area contributed by atoms with E-state index in [0.717, 1.165) is 12.1 Å². The maximum absolute atomic E-state index is 13.1. The first-order valence-electron chi connectivity index (χ1n) is 4.60. The molecule has 0 saturated heterocycles. The minimum Gasteiger partial charge on any atom is -0.382 e. The van der Waals surface area contributed by atoms with Crippen molar-refractivity contribution in [2.45, 2.75) is 6.92 Å². The molecule has 0 heterocycles. The van der Waals surface area contributed by atoms with Gasteiger partial charge in [0.1, 0.15) is 0 Å². The Hall–Kier alpha value is -1.72. The van der Waals surface area contributed by atoms with E-state index in [2.05, 4.69) is 5.32 Å². The number of carbonyl (C=O) groups excluding carboxylic acids is 1. The van der Waals surface area contributed by atoms with E-state index in [1.54, 1.807) is 0 Å². The predicted molar refractivity (Wildman–Crippen MR) is 53.2 cm³/mol. The van der Waals surface area contributed by atoms with Crippen LogP contribution >= 0.6 is 0 Å². The summed E-state index contributed by atoms with van der Waals surface area (Å²) in [5.41, 5.74) is 4.78. The van der Waals surface area contributed by atoms with Gasteiger partial charge in [-0.25, -0.2) is 13.2 Å². The Kier molecular flexibility index (Phi) is 3.76. The number of hydrogen-bond acceptors (Lipinski definition) is 2. The van der Waals surface area contributed by atoms with Crippen LogP contribution in [0.3, 0.4) is 0 Å². The van der Waals surface area contributed by atoms with Gasteiger partial charge in [-0.15, -0.1) is 0 Å². The lowest BCUT2D eigenvalue weighted by Crippen LogP contribution is -2.27. The van der Waals surface area contributed by atoms with Crippen LogP contribution in [0.25, 0.3) is 0 Å². The molecule has 1 amide bonds. The van der Waals surface area contributed by atoms with E-state index in [0.29, 0.717) is 0 Å². The summed E-state index contributed by atoms with van der Waals surface area (Å²) in [5, 5.41) is 2.48. The van der Waals surface area contributed by atoms with Gasteiger partial charge in [-0.1, -0.05) is 6.92 Å². The van der Waals surface area contributed by atoms with Gasteiger partial charge in [0.05, 0.1) is 11.6 Å². The van der Waals surface area contributed by atoms with Crippen molar-refractivity contribution in [1.82, 2.24) is 0 Å². The Morgan fingerprint density at radius 1 is 1.38 bits per heavy atom. The highest BCUT2D eigenvalue weighted by Crippen LogP contribution is 2.19. The molecule has 1 rings (SSSR count). The van der Waals surface area contributed by atoms with Crippen molar-refractivity contribution in [2.75, 3.05) is 11.9 Å². The molecule has 0 aliphatic heterocycles. The van der Waals surface area contributed by atoms with E-state index in [-0.39, 0.29) is 12.2 Å². The maximum Gasteiger partial charge on any atom is 0.222 e. The summed E-state index contributed by atoms with van der Waals surface area (Å²) in [6.45, 7) is 1.59. The van der Waals surface area contributed by atoms with E-state index < -0.39 is 29.3 Å². The Morgan fingerprint density at radius 3 is 2.56 bits per heavy atom. The number of nitrogens with one attached hydrogen (secondary N) is 1. The summed E-state index contributed by atoms with van der Waals surface area (Å²) < 4.78 is 38.5. The SMILES string of the molecule is CC(CNc1ccc(F)c(F)c1F)C(N)=O. The number of carbonyl (C=O) groups is 1. The molecule has 0 aromatic heterocycles. The van der Waals surface area contributed by atoms with Gasteiger partial charge in [0.2, 0.25) is 5.91 Å². The second kappa shape index (κ2) is 4.87. The molecule has 6 heteroatoms. The van der Waals surface area contributed by atoms with Crippen LogP contribution in [0.15, 0.2) is 12.1 Å². The summed E-state index contributed by atoms with van der Waals surface area (Å²) in [5.74, 6) is -5.21. The fraction of sp³-hybridized carbons (Fsp3) is 0.300. The van der Waals surface area contributed by atoms with E-state index in [9.17, 15) is 18.0 Å². The van der Waals surface area contributed by atoms with Gasteiger partial charge < -0.3 is 11.1 Å². The lowest BCUT2D eigenvalue weighted by atomic mass is 10.1. The zero-order chi connectivity index (χ0) is 12.3. The third-order valence-corrected chi connectivity index (χ3v) is 2.12. The van der Waals surface area contributed by atoms with E-state index in [1.807, 2.05) is 0 Å². The number of amides is 1. The molecule has 0 bridgehead atoms. The Bertz CT molecular complexity index is 409. The number of primary amides is 1. The summed E-state index contributed by atoms with van der Waals surface area (Å²) in [4.78, 5) is 10.7. The Balaban J connectivity index is 2.75. The molecule has 1 unspecified atom stereocenters. The molecule has 3 nitrogen and oxygen atoms in total. The van der Waals surface area contributed by atoms with Gasteiger partial charge in [0.15, 0.2) is 17.5 Å². The second-order valence-electron chi connectivity index (χ2n) is 3.41. The Labute approximate surface area is 90.4 Å². The number of nitrogens with two attached hydrogens (primary N) is 1. The monoisotopic (exact) mass is 232 g/mol. The first kappa shape index (κ1) is 12.4. The highest BCUT2D eigenvalue weighted by Gasteiger charge is 2.14. The van der Waals surface area contributed by atoms with E-state index in [1.165, 1.54) is 6.92 Å². The molecule has 0 aliphatic carbocycles. The van der Waals surface area contributed by atoms with Crippen LogP contribution in [0, 0.1) is 23.4 Å². The zero-order valence-corrected chi connectivity index (χ0v) is 8.56. The largest absolute Gasteiger partial charge is 0.382 e. The van der Waals surface area contributed by atoms with Crippen molar-refractivity contribution in [3.63, 3.8) is 0 Å². The molecule has 16 heavy (non-hydrogen) atoms. The predicted octanol–water partition coefficient (Wildman–Crippen LogP) is 1.64. The molecule has 0 saturated carbocycles. The molecule has 1 aromatic carbocycles. The average Bonchev–Trinajstić information content (AvgIpc) is 2.24. The van der Waals surface area contributed by atoms with Crippen molar-refractivity contribution in [1.29, 1.82) is 0 Å². The van der Waals surface area contributed by atoms with Crippen molar-refractivity contribution in [3.8, 4) is 0 Å². The first-order chi connectivity index (χ1) is 7.43. The van der Waals surface area contributed by atoms with Crippen molar-refractivity contribution in [2.24, 2.45) is 11.7 Å². The van der Waals surface area contributed by atoms with Crippen LogP contribution in [0.1, 0.15) is 6.92 Å². The van der Waals surface area contributed by atoms with Crippen LogP contribution in [-0.4, -0.2) is 12.5 Å². The van der Waals surface area contributed by atoms with Crippen LogP contribution in [0.5, 0.6) is 0 Å². The fourth-order valence-electron chi connectivity index (χ4n) is 1.03. The number of anilines is 1. The Morgan fingerprint density at radius 2 is 2.00 bits per heavy atom. The van der Waals surface area contributed by atoms with Gasteiger partial charge in [0.25, 0.3) is 0 Å². The number of benzene rings is 1. The van der Waals surface area contributed by atoms with Crippen LogP contribution in [0.4, 0.5) is 18.9 Å². The normalized spacial score (nSPS) is 12.2. The third kappa shape index (κ3) is 2.65. The zero-order valence-electron chi connectivity index (χ0n) is 8.56. The van der Waals surface area contributed by atoms with Crippen LogP contribution < -0.4 is 11.1 Å². The molecular weight excluding hydrogens is 221 g/mol. The number of rotatable bonds is 4. The van der Waals surface area contributed by atoms with Crippen LogP contribution in [-0.2, 0) is 4.79 Å². The molecule has 0 fully saturated rings.